The van der Waals surface area contributed by atoms with Gasteiger partial charge in [-0.05, 0) is 0 Å². The van der Waals surface area contributed by atoms with Crippen LogP contribution in [-0.4, -0.2) is 17.9 Å². The Kier molecular flexibility index (Phi) is 9.60. The third kappa shape index (κ3) is 8.84. The van der Waals surface area contributed by atoms with Crippen molar-refractivity contribution in [2.45, 2.75) is 6.23 Å². The van der Waals surface area contributed by atoms with Gasteiger partial charge in [0.15, 0.2) is 0 Å². The van der Waals surface area contributed by atoms with E-state index in [2.05, 4.69) is 0 Å². The first-order valence-corrected chi connectivity index (χ1v) is 1.41. The molecular formula is C2H8CdN2O. The van der Waals surface area contributed by atoms with E-state index in [0.29, 0.717) is 0 Å². The van der Waals surface area contributed by atoms with Crippen LogP contribution in [0.1, 0.15) is 0 Å². The van der Waals surface area contributed by atoms with Crippen molar-refractivity contribution >= 4 is 0 Å². The molecule has 5 N–H and O–H groups in total. The smallest absolute Gasteiger partial charge is 0.114 e. The Morgan fingerprint density at radius 2 is 1.83 bits per heavy atom. The zero-order valence-corrected chi connectivity index (χ0v) is 7.63. The van der Waals surface area contributed by atoms with Crippen molar-refractivity contribution in [2.75, 3.05) is 6.54 Å². The van der Waals surface area contributed by atoms with E-state index in [1.54, 1.807) is 0 Å². The summed E-state index contributed by atoms with van der Waals surface area (Å²) in [5.41, 5.74) is 9.52. The van der Waals surface area contributed by atoms with Crippen LogP contribution in [0.2, 0.25) is 0 Å². The molecule has 0 amide bonds. The summed E-state index contributed by atoms with van der Waals surface area (Å²) < 4.78 is 0. The van der Waals surface area contributed by atoms with E-state index in [0.717, 1.165) is 0 Å². The van der Waals surface area contributed by atoms with E-state index in [-0.39, 0.29) is 33.8 Å². The third-order valence-corrected chi connectivity index (χ3v) is 0.241. The number of hydrogen-bond donors (Lipinski definition) is 3. The van der Waals surface area contributed by atoms with Gasteiger partial charge in [-0.2, -0.15) is 0 Å². The molecule has 34 valence electrons. The molecule has 0 aliphatic carbocycles. The van der Waals surface area contributed by atoms with Gasteiger partial charge in [0.2, 0.25) is 0 Å². The first-order chi connectivity index (χ1) is 2.27. The molecule has 0 aromatic rings. The van der Waals surface area contributed by atoms with Crippen LogP contribution in [0.25, 0.3) is 0 Å². The van der Waals surface area contributed by atoms with Gasteiger partial charge in [0, 0.05) is 33.8 Å². The second-order valence-corrected chi connectivity index (χ2v) is 0.803. The van der Waals surface area contributed by atoms with Crippen molar-refractivity contribution in [3.63, 3.8) is 0 Å². The summed E-state index contributed by atoms with van der Waals surface area (Å²) in [5.74, 6) is 0. The summed E-state index contributed by atoms with van der Waals surface area (Å²) in [6.45, 7) is 0.139. The monoisotopic (exact) mass is 190 g/mol. The maximum absolute atomic E-state index is 8.01. The van der Waals surface area contributed by atoms with Crippen molar-refractivity contribution in [1.82, 2.24) is 0 Å². The summed E-state index contributed by atoms with van der Waals surface area (Å²) in [6.07, 6.45) is -0.838. The Bertz CT molecular complexity index is 25.5. The van der Waals surface area contributed by atoms with Crippen LogP contribution in [0.5, 0.6) is 0 Å². The van der Waals surface area contributed by atoms with Crippen molar-refractivity contribution in [2.24, 2.45) is 11.5 Å². The minimum atomic E-state index is -0.838. The van der Waals surface area contributed by atoms with E-state index in [1.807, 2.05) is 0 Å². The number of nitrogens with two attached hydrogens (primary N) is 2. The van der Waals surface area contributed by atoms with Gasteiger partial charge in [-0.25, -0.2) is 0 Å². The van der Waals surface area contributed by atoms with Gasteiger partial charge in [0.25, 0.3) is 0 Å². The summed E-state index contributed by atoms with van der Waals surface area (Å²) in [6, 6.07) is 0. The largest absolute Gasteiger partial charge is 0.377 e. The molecule has 0 spiro atoms. The molecule has 0 bridgehead atoms. The van der Waals surface area contributed by atoms with Crippen LogP contribution in [-0.2, 0) is 27.3 Å². The van der Waals surface area contributed by atoms with Gasteiger partial charge in [-0.3, -0.25) is 0 Å². The number of hydrogen-bond acceptors (Lipinski definition) is 3. The zero-order valence-electron chi connectivity index (χ0n) is 3.59. The Morgan fingerprint density at radius 1 is 1.67 bits per heavy atom. The van der Waals surface area contributed by atoms with Crippen LogP contribution in [0.4, 0.5) is 0 Å². The molecule has 0 radical (unpaired) electrons. The van der Waals surface area contributed by atoms with Gasteiger partial charge >= 0.3 is 0 Å². The predicted octanol–water partition coefficient (Wildman–Crippen LogP) is -1.78. The molecule has 0 aliphatic heterocycles. The average molecular weight is 189 g/mol. The molecule has 1 atom stereocenters. The molecule has 0 saturated heterocycles. The topological polar surface area (TPSA) is 72.3 Å². The van der Waals surface area contributed by atoms with Crippen LogP contribution in [0.15, 0.2) is 0 Å². The quantitative estimate of drug-likeness (QED) is 0.337. The van der Waals surface area contributed by atoms with Crippen LogP contribution < -0.4 is 11.5 Å². The van der Waals surface area contributed by atoms with E-state index >= 15 is 0 Å². The average Bonchev–Trinajstić information content (AvgIpc) is 1.38. The maximum atomic E-state index is 8.01. The summed E-state index contributed by atoms with van der Waals surface area (Å²) in [7, 11) is 0. The minimum Gasteiger partial charge on any atom is -0.377 e. The molecule has 0 heterocycles. The molecule has 0 aromatic heterocycles. The van der Waals surface area contributed by atoms with Crippen molar-refractivity contribution < 1.29 is 32.4 Å². The van der Waals surface area contributed by atoms with Crippen molar-refractivity contribution in [3.05, 3.63) is 0 Å². The first kappa shape index (κ1) is 9.93. The Morgan fingerprint density at radius 3 is 1.83 bits per heavy atom. The van der Waals surface area contributed by atoms with Gasteiger partial charge in [0.1, 0.15) is 6.23 Å². The van der Waals surface area contributed by atoms with Crippen LogP contribution in [0.3, 0.4) is 0 Å². The molecule has 0 aromatic carbocycles. The number of aliphatic hydroxyl groups is 1. The van der Waals surface area contributed by atoms with Crippen LogP contribution >= 0.6 is 0 Å². The zero-order chi connectivity index (χ0) is 4.28. The van der Waals surface area contributed by atoms with Gasteiger partial charge in [0.05, 0.1) is 0 Å². The normalized spacial score (nSPS) is 12.5. The fraction of sp³-hybridized carbons (Fsp3) is 1.00. The van der Waals surface area contributed by atoms with E-state index in [1.165, 1.54) is 0 Å². The molecule has 0 saturated carbocycles. The summed E-state index contributed by atoms with van der Waals surface area (Å²) in [4.78, 5) is 0. The van der Waals surface area contributed by atoms with E-state index < -0.39 is 6.23 Å². The van der Waals surface area contributed by atoms with Gasteiger partial charge in [-0.15, -0.1) is 0 Å². The predicted molar refractivity (Wildman–Crippen MR) is 19.2 cm³/mol. The fourth-order valence-electron chi connectivity index (χ4n) is 0. The maximum Gasteiger partial charge on any atom is 0.114 e. The second-order valence-electron chi connectivity index (χ2n) is 0.803. The van der Waals surface area contributed by atoms with Crippen molar-refractivity contribution in [1.29, 1.82) is 0 Å². The first-order valence-electron chi connectivity index (χ1n) is 1.41. The fourth-order valence-corrected chi connectivity index (χ4v) is 0. The van der Waals surface area contributed by atoms with Gasteiger partial charge in [-0.1, -0.05) is 0 Å². The molecule has 4 heteroatoms. The van der Waals surface area contributed by atoms with E-state index in [4.69, 9.17) is 16.6 Å². The second kappa shape index (κ2) is 5.80. The molecule has 6 heavy (non-hydrogen) atoms. The minimum absolute atomic E-state index is 0. The standard InChI is InChI=1S/C2H8N2O.Cd/c3-1-2(4)5;/h2,5H,1,3-4H2;. The number of aliphatic hydroxyl groups excluding tert-OH is 1. The van der Waals surface area contributed by atoms with Crippen LogP contribution in [0, 0.1) is 0 Å². The SMILES string of the molecule is NCC(N)O.[Cd]. The molecule has 0 aliphatic rings. The van der Waals surface area contributed by atoms with Gasteiger partial charge < -0.3 is 16.6 Å². The Balaban J connectivity index is 0. The number of rotatable bonds is 1. The Hall–Kier alpha value is 0.802. The molecule has 1 unspecified atom stereocenters. The molecule has 0 rings (SSSR count). The summed E-state index contributed by atoms with van der Waals surface area (Å²) in [5, 5.41) is 8.01. The summed E-state index contributed by atoms with van der Waals surface area (Å²) >= 11 is 0. The Labute approximate surface area is 56.9 Å². The van der Waals surface area contributed by atoms with Crippen molar-refractivity contribution in [3.8, 4) is 0 Å². The van der Waals surface area contributed by atoms with E-state index in [9.17, 15) is 0 Å². The molecule has 3 nitrogen and oxygen atoms in total. The molecule has 0 fully saturated rings. The molecular weight excluding hydrogens is 180 g/mol. The third-order valence-electron chi connectivity index (χ3n) is 0.241.